The summed E-state index contributed by atoms with van der Waals surface area (Å²) in [6.45, 7) is 1.43. The molecular formula is C62H43N5O. The lowest BCUT2D eigenvalue weighted by Crippen LogP contribution is -2.31. The van der Waals surface area contributed by atoms with E-state index >= 15 is 0 Å². The average Bonchev–Trinajstić information content (AvgIpc) is 1.53. The molecule has 6 heteroatoms. The maximum Gasteiger partial charge on any atom is 0.269 e. The highest BCUT2D eigenvalue weighted by molar-refractivity contribution is 6.12. The topological polar surface area (TPSA) is 40.8 Å². The van der Waals surface area contributed by atoms with Crippen LogP contribution in [0.25, 0.3) is 99.8 Å². The van der Waals surface area contributed by atoms with Crippen LogP contribution in [0.4, 0.5) is 0 Å². The van der Waals surface area contributed by atoms with Crippen molar-refractivity contribution in [2.45, 2.75) is 13.3 Å². The van der Waals surface area contributed by atoms with Gasteiger partial charge >= 0.3 is 0 Å². The van der Waals surface area contributed by atoms with Gasteiger partial charge in [0, 0.05) is 42.2 Å². The molecule has 0 spiro atoms. The van der Waals surface area contributed by atoms with E-state index in [1.54, 1.807) is 106 Å². The molecular weight excluding hydrogens is 831 g/mol. The summed E-state index contributed by atoms with van der Waals surface area (Å²) in [6, 6.07) is 22.5. The highest BCUT2D eigenvalue weighted by Gasteiger charge is 2.21. The molecule has 4 aromatic heterocycles. The quantitative estimate of drug-likeness (QED) is 0.107. The Bertz CT molecular complexity index is 5020. The van der Waals surface area contributed by atoms with E-state index < -0.39 is 115 Å². The molecule has 13 rings (SSSR count). The number of aryl methyl sites for hydroxylation is 1. The molecule has 0 saturated heterocycles. The summed E-state index contributed by atoms with van der Waals surface area (Å²) in [6.07, 6.45) is 3.11. The SMILES string of the molecule is [2H]c1c([2H])c([2H])c(-c2cccc(-c3c([2H])c([2H])c([2H])c([2H])c3[2H])c2-[n+]2[c-]n(-c3cccc(Oc4ccc5c6cc(-n7c8c([2H])c([2H])c([2H])c([2H])c8c8c([2H])c([2H])c([2H])c([2H])c87)ccc6n(-c6cc(C([2H])([2H])C)ccn6)c5c4)c3)c3ccccc32)c([2H])c1[2H]. The number of hydrogen-bond donors (Lipinski definition) is 0. The number of imidazole rings is 1. The number of para-hydroxylation sites is 5. The lowest BCUT2D eigenvalue weighted by molar-refractivity contribution is -0.571. The Morgan fingerprint density at radius 1 is 0.529 bits per heavy atom. The van der Waals surface area contributed by atoms with E-state index in [0.29, 0.717) is 67.1 Å². The van der Waals surface area contributed by atoms with Gasteiger partial charge in [-0.25, -0.2) is 4.98 Å². The van der Waals surface area contributed by atoms with Crippen molar-refractivity contribution in [1.82, 2.24) is 18.7 Å². The molecule has 0 fully saturated rings. The first-order chi connectivity index (χ1) is 41.8. The monoisotopic (exact) mass is 893 g/mol. The van der Waals surface area contributed by atoms with Gasteiger partial charge in [-0.05, 0) is 107 Å². The van der Waals surface area contributed by atoms with Crippen molar-refractivity contribution in [2.75, 3.05) is 0 Å². The molecule has 322 valence electrons. The molecule has 0 N–H and O–H groups in total. The Morgan fingerprint density at radius 2 is 1.21 bits per heavy atom. The summed E-state index contributed by atoms with van der Waals surface area (Å²) in [5, 5.41) is 1.06. The molecule has 0 aliphatic rings. The van der Waals surface area contributed by atoms with Gasteiger partial charge in [-0.15, -0.1) is 0 Å². The van der Waals surface area contributed by atoms with Gasteiger partial charge in [-0.3, -0.25) is 13.7 Å². The van der Waals surface area contributed by atoms with Gasteiger partial charge in [-0.1, -0.05) is 152 Å². The van der Waals surface area contributed by atoms with Crippen molar-refractivity contribution in [1.29, 1.82) is 0 Å². The second-order valence-electron chi connectivity index (χ2n) is 15.7. The first-order valence-corrected chi connectivity index (χ1v) is 21.4. The van der Waals surface area contributed by atoms with Crippen LogP contribution < -0.4 is 9.30 Å². The van der Waals surface area contributed by atoms with Gasteiger partial charge in [0.25, 0.3) is 6.33 Å². The smallest absolute Gasteiger partial charge is 0.269 e. The van der Waals surface area contributed by atoms with Crippen molar-refractivity contribution < 1.29 is 36.7 Å². The predicted molar refractivity (Wildman–Crippen MR) is 277 cm³/mol. The van der Waals surface area contributed by atoms with Gasteiger partial charge in [0.15, 0.2) is 0 Å². The zero-order valence-corrected chi connectivity index (χ0v) is 35.7. The zero-order chi connectivity index (χ0) is 62.6. The second kappa shape index (κ2) is 16.2. The summed E-state index contributed by atoms with van der Waals surface area (Å²) in [5.41, 5.74) is 3.01. The van der Waals surface area contributed by atoms with Crippen LogP contribution in [0.2, 0.25) is 0 Å². The van der Waals surface area contributed by atoms with Crippen molar-refractivity contribution in [3.05, 3.63) is 242 Å². The Kier molecular flexibility index (Phi) is 5.69. The Labute approximate surface area is 421 Å². The maximum absolute atomic E-state index is 9.12. The second-order valence-corrected chi connectivity index (χ2v) is 15.7. The molecule has 4 heterocycles. The first-order valence-electron chi connectivity index (χ1n) is 31.4. The van der Waals surface area contributed by atoms with Crippen LogP contribution in [-0.2, 0) is 6.37 Å². The lowest BCUT2D eigenvalue weighted by atomic mass is 9.95. The first kappa shape index (κ1) is 24.0. The molecule has 0 aliphatic carbocycles. The molecule has 0 atom stereocenters. The molecule has 0 unspecified atom stereocenters. The summed E-state index contributed by atoms with van der Waals surface area (Å²) < 4.78 is 188. The standard InChI is InChI=1S/C62H43N5O/c1-2-42-35-36-63-61(37-42)67-57-34-31-46(66-55-27-11-9-23-51(55)52-24-10-12-28-56(52)66)39-54(57)53-33-32-48(40-60(53)67)68-47-22-15-21-45(38-47)64-41-65(59-30-14-13-29-58(59)64)62-49(43-17-5-3-6-18-43)25-16-26-50(62)44-19-7-4-8-20-44/h3-40H,2H2,1H3/i2D2,3D,4D,5D,6D,7D,8D,9D,10D,11D,12D,17D,18D,19D,20D,23D,24D,27D,28D. The summed E-state index contributed by atoms with van der Waals surface area (Å²) in [4.78, 5) is 4.71. The minimum atomic E-state index is -1.78. The molecule has 13 aromatic rings. The van der Waals surface area contributed by atoms with Crippen molar-refractivity contribution in [2.24, 2.45) is 0 Å². The van der Waals surface area contributed by atoms with Crippen molar-refractivity contribution in [3.63, 3.8) is 0 Å². The minimum absolute atomic E-state index is 0.0508. The Morgan fingerprint density at radius 3 is 1.94 bits per heavy atom. The number of fused-ring (bicyclic) bond motifs is 7. The number of aromatic nitrogens is 5. The maximum atomic E-state index is 9.12. The number of pyridine rings is 1. The van der Waals surface area contributed by atoms with E-state index in [2.05, 4.69) is 6.33 Å². The number of rotatable bonds is 9. The van der Waals surface area contributed by atoms with E-state index in [0.717, 1.165) is 0 Å². The average molecular weight is 894 g/mol. The molecule has 68 heavy (non-hydrogen) atoms. The molecule has 9 aromatic carbocycles. The molecule has 0 radical (unpaired) electrons. The fraction of sp³-hybridized carbons (Fsp3) is 0.0323. The molecule has 6 nitrogen and oxygen atoms in total. The largest absolute Gasteiger partial charge is 0.458 e. The van der Waals surface area contributed by atoms with Crippen LogP contribution in [0.3, 0.4) is 0 Å². The zero-order valence-electron chi connectivity index (χ0n) is 55.7. The Balaban J connectivity index is 0.988. The summed E-state index contributed by atoms with van der Waals surface area (Å²) in [5.74, 6) is 0.998. The van der Waals surface area contributed by atoms with Crippen LogP contribution in [0, 0.1) is 6.33 Å². The van der Waals surface area contributed by atoms with Gasteiger partial charge in [0.05, 0.1) is 69.1 Å². The fourth-order valence-corrected chi connectivity index (χ4v) is 9.01. The number of benzene rings is 9. The van der Waals surface area contributed by atoms with Gasteiger partial charge in [0.2, 0.25) is 0 Å². The number of ether oxygens (including phenoxy) is 1. The summed E-state index contributed by atoms with van der Waals surface area (Å²) >= 11 is 0. The minimum Gasteiger partial charge on any atom is -0.458 e. The molecule has 0 bridgehead atoms. The van der Waals surface area contributed by atoms with E-state index in [1.807, 2.05) is 4.57 Å². The third-order valence-electron chi connectivity index (χ3n) is 11.9. The molecule has 0 aliphatic heterocycles. The van der Waals surface area contributed by atoms with E-state index in [1.165, 1.54) is 35.9 Å². The Hall–Kier alpha value is -9.00. The summed E-state index contributed by atoms with van der Waals surface area (Å²) in [7, 11) is 0. The predicted octanol–water partition coefficient (Wildman–Crippen LogP) is 15.0. The highest BCUT2D eigenvalue weighted by atomic mass is 16.5. The normalized spacial score (nSPS) is 16.0. The van der Waals surface area contributed by atoms with Crippen molar-refractivity contribution >= 4 is 54.6 Å². The van der Waals surface area contributed by atoms with Crippen LogP contribution in [0.15, 0.2) is 230 Å². The van der Waals surface area contributed by atoms with Crippen LogP contribution in [0.1, 0.15) is 39.9 Å². The van der Waals surface area contributed by atoms with E-state index in [9.17, 15) is 0 Å². The van der Waals surface area contributed by atoms with Crippen molar-refractivity contribution in [3.8, 4) is 56.6 Å². The number of hydrogen-bond acceptors (Lipinski definition) is 2. The van der Waals surface area contributed by atoms with Gasteiger partial charge in [-0.2, -0.15) is 0 Å². The van der Waals surface area contributed by atoms with E-state index in [-0.39, 0.29) is 49.7 Å². The molecule has 0 saturated carbocycles. The lowest BCUT2D eigenvalue weighted by Gasteiger charge is -2.17. The third-order valence-corrected chi connectivity index (χ3v) is 11.9. The number of nitrogens with zero attached hydrogens (tertiary/aromatic N) is 5. The molecule has 0 amide bonds. The van der Waals surface area contributed by atoms with Crippen LogP contribution in [-0.4, -0.2) is 18.7 Å². The third kappa shape index (κ3) is 6.49. The van der Waals surface area contributed by atoms with Crippen LogP contribution >= 0.6 is 0 Å². The fourth-order valence-electron chi connectivity index (χ4n) is 9.01. The van der Waals surface area contributed by atoms with Gasteiger partial charge in [0.1, 0.15) is 17.3 Å². The van der Waals surface area contributed by atoms with Gasteiger partial charge < -0.3 is 9.30 Å². The highest BCUT2D eigenvalue weighted by Crippen LogP contribution is 2.39. The van der Waals surface area contributed by atoms with E-state index in [4.69, 9.17) is 37.1 Å². The van der Waals surface area contributed by atoms with Crippen LogP contribution in [0.5, 0.6) is 11.5 Å².